The first kappa shape index (κ1) is 7.94. The first-order valence-electron chi connectivity index (χ1n) is 2.60. The smallest absolute Gasteiger partial charge is 0.317 e. The minimum Gasteiger partial charge on any atom is -0.317 e. The zero-order valence-electron chi connectivity index (χ0n) is 5.55. The fourth-order valence-corrected chi connectivity index (χ4v) is 0.321. The molecule has 0 atom stereocenters. The van der Waals surface area contributed by atoms with Gasteiger partial charge in [0.15, 0.2) is 0 Å². The summed E-state index contributed by atoms with van der Waals surface area (Å²) in [6, 6.07) is 0.0687. The summed E-state index contributed by atoms with van der Waals surface area (Å²) < 4.78 is 0. The first-order valence-corrected chi connectivity index (χ1v) is 2.60. The topological polar surface area (TPSA) is 50.7 Å². The molecular formula is C5H10N2O2. The SMILES string of the molecule is C=NOC(=O)NC(C)C. The van der Waals surface area contributed by atoms with Crippen molar-refractivity contribution in [2.45, 2.75) is 19.9 Å². The number of carbonyl (C=O) groups is 1. The van der Waals surface area contributed by atoms with Gasteiger partial charge in [-0.25, -0.2) is 4.79 Å². The molecule has 0 bridgehead atoms. The molecular weight excluding hydrogens is 120 g/mol. The van der Waals surface area contributed by atoms with Crippen LogP contribution in [-0.4, -0.2) is 18.9 Å². The Morgan fingerprint density at radius 2 is 2.33 bits per heavy atom. The lowest BCUT2D eigenvalue weighted by Gasteiger charge is -2.03. The summed E-state index contributed by atoms with van der Waals surface area (Å²) in [5.74, 6) is 0. The Labute approximate surface area is 53.9 Å². The van der Waals surface area contributed by atoms with Crippen LogP contribution < -0.4 is 5.32 Å². The third kappa shape index (κ3) is 4.80. The molecule has 0 aliphatic rings. The highest BCUT2D eigenvalue weighted by Gasteiger charge is 2.00. The maximum Gasteiger partial charge on any atom is 0.433 e. The van der Waals surface area contributed by atoms with Crippen molar-refractivity contribution in [1.82, 2.24) is 5.32 Å². The van der Waals surface area contributed by atoms with Crippen LogP contribution in [0.4, 0.5) is 4.79 Å². The van der Waals surface area contributed by atoms with Crippen LogP contribution in [0.2, 0.25) is 0 Å². The molecule has 0 aromatic carbocycles. The number of nitrogens with zero attached hydrogens (tertiary/aromatic N) is 1. The van der Waals surface area contributed by atoms with Gasteiger partial charge in [-0.3, -0.25) is 4.84 Å². The minimum absolute atomic E-state index is 0.0687. The minimum atomic E-state index is -0.569. The number of amides is 1. The average Bonchev–Trinajstić information content (AvgIpc) is 1.63. The highest BCUT2D eigenvalue weighted by molar-refractivity contribution is 5.67. The van der Waals surface area contributed by atoms with E-state index in [1.54, 1.807) is 0 Å². The Morgan fingerprint density at radius 1 is 1.78 bits per heavy atom. The zero-order chi connectivity index (χ0) is 7.28. The predicted octanol–water partition coefficient (Wildman–Crippen LogP) is 0.737. The number of hydrogen-bond donors (Lipinski definition) is 1. The fraction of sp³-hybridized carbons (Fsp3) is 0.600. The van der Waals surface area contributed by atoms with Crippen molar-refractivity contribution < 1.29 is 9.63 Å². The molecule has 4 nitrogen and oxygen atoms in total. The van der Waals surface area contributed by atoms with E-state index in [0.717, 1.165) is 0 Å². The standard InChI is InChI=1S/C5H10N2O2/c1-4(2)7-5(8)9-6-3/h4H,3H2,1-2H3,(H,7,8). The number of oxime groups is 1. The highest BCUT2D eigenvalue weighted by Crippen LogP contribution is 1.80. The van der Waals surface area contributed by atoms with Crippen molar-refractivity contribution in [2.75, 3.05) is 0 Å². The summed E-state index contributed by atoms with van der Waals surface area (Å²) in [4.78, 5) is 14.5. The van der Waals surface area contributed by atoms with Gasteiger partial charge in [0.1, 0.15) is 0 Å². The van der Waals surface area contributed by atoms with Crippen LogP contribution in [0.5, 0.6) is 0 Å². The molecule has 0 unspecified atom stereocenters. The van der Waals surface area contributed by atoms with Gasteiger partial charge in [-0.15, -0.1) is 0 Å². The van der Waals surface area contributed by atoms with Gasteiger partial charge in [0.2, 0.25) is 0 Å². The van der Waals surface area contributed by atoms with E-state index in [1.165, 1.54) is 0 Å². The van der Waals surface area contributed by atoms with Gasteiger partial charge in [-0.2, -0.15) is 0 Å². The molecule has 4 heteroatoms. The maximum atomic E-state index is 10.4. The number of rotatable bonds is 2. The Hall–Kier alpha value is -1.06. The molecule has 0 aliphatic heterocycles. The van der Waals surface area contributed by atoms with E-state index in [2.05, 4.69) is 22.0 Å². The van der Waals surface area contributed by atoms with Crippen LogP contribution in [0.3, 0.4) is 0 Å². The molecule has 0 saturated carbocycles. The van der Waals surface area contributed by atoms with Gasteiger partial charge in [-0.05, 0) is 13.8 Å². The second-order valence-corrected chi connectivity index (χ2v) is 1.81. The Balaban J connectivity index is 3.38. The Bertz CT molecular complexity index is 112. The van der Waals surface area contributed by atoms with Crippen LogP contribution in [-0.2, 0) is 4.84 Å². The van der Waals surface area contributed by atoms with E-state index in [-0.39, 0.29) is 6.04 Å². The second-order valence-electron chi connectivity index (χ2n) is 1.81. The Morgan fingerprint density at radius 3 is 2.67 bits per heavy atom. The third-order valence-corrected chi connectivity index (χ3v) is 0.554. The summed E-state index contributed by atoms with van der Waals surface area (Å²) in [6.45, 7) is 6.62. The summed E-state index contributed by atoms with van der Waals surface area (Å²) >= 11 is 0. The van der Waals surface area contributed by atoms with Gasteiger partial charge in [0.25, 0.3) is 0 Å². The van der Waals surface area contributed by atoms with Crippen LogP contribution in [0.1, 0.15) is 13.8 Å². The van der Waals surface area contributed by atoms with Crippen LogP contribution in [0, 0.1) is 0 Å². The van der Waals surface area contributed by atoms with E-state index in [9.17, 15) is 4.79 Å². The van der Waals surface area contributed by atoms with Crippen molar-refractivity contribution in [2.24, 2.45) is 5.16 Å². The Kier molecular flexibility index (Phi) is 3.43. The lowest BCUT2D eigenvalue weighted by molar-refractivity contribution is 0.149. The summed E-state index contributed by atoms with van der Waals surface area (Å²) in [7, 11) is 0. The van der Waals surface area contributed by atoms with E-state index in [4.69, 9.17) is 0 Å². The van der Waals surface area contributed by atoms with Crippen molar-refractivity contribution in [3.05, 3.63) is 0 Å². The van der Waals surface area contributed by atoms with Gasteiger partial charge in [-0.1, -0.05) is 5.16 Å². The highest BCUT2D eigenvalue weighted by atomic mass is 16.7. The molecule has 0 fully saturated rings. The monoisotopic (exact) mass is 130 g/mol. The molecule has 1 amide bonds. The zero-order valence-corrected chi connectivity index (χ0v) is 5.55. The molecule has 0 rings (SSSR count). The fourth-order valence-electron chi connectivity index (χ4n) is 0.321. The third-order valence-electron chi connectivity index (χ3n) is 0.554. The second kappa shape index (κ2) is 3.88. The lowest BCUT2D eigenvalue weighted by atomic mass is 10.4. The molecule has 1 N–H and O–H groups in total. The quantitative estimate of drug-likeness (QED) is 0.340. The van der Waals surface area contributed by atoms with Crippen molar-refractivity contribution in [1.29, 1.82) is 0 Å². The van der Waals surface area contributed by atoms with Crippen LogP contribution in [0.15, 0.2) is 5.16 Å². The number of hydrogen-bond acceptors (Lipinski definition) is 3. The molecule has 0 heterocycles. The molecule has 0 saturated heterocycles. The molecule has 0 aliphatic carbocycles. The van der Waals surface area contributed by atoms with Gasteiger partial charge < -0.3 is 5.32 Å². The van der Waals surface area contributed by atoms with Crippen molar-refractivity contribution in [3.63, 3.8) is 0 Å². The average molecular weight is 130 g/mol. The van der Waals surface area contributed by atoms with E-state index >= 15 is 0 Å². The largest absolute Gasteiger partial charge is 0.433 e. The van der Waals surface area contributed by atoms with Gasteiger partial charge in [0, 0.05) is 12.8 Å². The number of nitrogens with one attached hydrogen (secondary N) is 1. The summed E-state index contributed by atoms with van der Waals surface area (Å²) in [5.41, 5.74) is 0. The molecule has 0 spiro atoms. The van der Waals surface area contributed by atoms with Gasteiger partial charge in [0.05, 0.1) is 0 Å². The molecule has 9 heavy (non-hydrogen) atoms. The maximum absolute atomic E-state index is 10.4. The first-order chi connectivity index (χ1) is 4.16. The van der Waals surface area contributed by atoms with E-state index in [0.29, 0.717) is 0 Å². The van der Waals surface area contributed by atoms with Gasteiger partial charge >= 0.3 is 6.09 Å². The van der Waals surface area contributed by atoms with E-state index in [1.807, 2.05) is 13.8 Å². The molecule has 0 radical (unpaired) electrons. The molecule has 0 aromatic rings. The van der Waals surface area contributed by atoms with Crippen molar-refractivity contribution in [3.8, 4) is 0 Å². The molecule has 0 aromatic heterocycles. The van der Waals surface area contributed by atoms with Crippen molar-refractivity contribution >= 4 is 12.8 Å². The summed E-state index contributed by atoms with van der Waals surface area (Å²) in [5, 5.41) is 5.38. The lowest BCUT2D eigenvalue weighted by Crippen LogP contribution is -2.29. The van der Waals surface area contributed by atoms with E-state index < -0.39 is 6.09 Å². The summed E-state index contributed by atoms with van der Waals surface area (Å²) in [6.07, 6.45) is -0.569. The van der Waals surface area contributed by atoms with Crippen LogP contribution in [0.25, 0.3) is 0 Å². The normalized spacial score (nSPS) is 8.78. The number of carbonyl (C=O) groups excluding carboxylic acids is 1. The predicted molar refractivity (Wildman–Crippen MR) is 34.3 cm³/mol. The molecule has 52 valence electrons. The van der Waals surface area contributed by atoms with Crippen LogP contribution >= 0.6 is 0 Å².